The number of benzene rings is 1. The van der Waals surface area contributed by atoms with E-state index in [9.17, 15) is 18.0 Å². The molecule has 168 valence electrons. The number of sulfonamides is 1. The van der Waals surface area contributed by atoms with E-state index in [-0.39, 0.29) is 23.8 Å². The van der Waals surface area contributed by atoms with E-state index in [0.29, 0.717) is 37.4 Å². The number of amides is 1. The molecular formula is C21H32N2O6S. The van der Waals surface area contributed by atoms with Crippen LogP contribution in [0.15, 0.2) is 4.90 Å². The fourth-order valence-corrected chi connectivity index (χ4v) is 5.20. The number of rotatable bonds is 7. The standard InChI is InChI=1S/C21H32N2O6S/c1-13-14(2)16(4)20(17(5)15(13)3)30(26,27)22-8-7-19(24)29-18(6)21(25)23-9-11-28-12-10-23/h18,22H,7-12H2,1-6H3. The van der Waals surface area contributed by atoms with E-state index in [1.807, 2.05) is 20.8 Å². The highest BCUT2D eigenvalue weighted by molar-refractivity contribution is 7.89. The number of esters is 1. The van der Waals surface area contributed by atoms with Crippen molar-refractivity contribution in [3.8, 4) is 0 Å². The van der Waals surface area contributed by atoms with Crippen LogP contribution in [0.2, 0.25) is 0 Å². The van der Waals surface area contributed by atoms with E-state index < -0.39 is 22.1 Å². The summed E-state index contributed by atoms with van der Waals surface area (Å²) in [6.45, 7) is 12.6. The van der Waals surface area contributed by atoms with Gasteiger partial charge in [-0.2, -0.15) is 0 Å². The number of nitrogens with one attached hydrogen (secondary N) is 1. The topological polar surface area (TPSA) is 102 Å². The Hall–Kier alpha value is -1.97. The van der Waals surface area contributed by atoms with E-state index >= 15 is 0 Å². The molecule has 0 radical (unpaired) electrons. The SMILES string of the molecule is Cc1c(C)c(C)c(S(=O)(=O)NCCC(=O)OC(C)C(=O)N2CCOCC2)c(C)c1C. The summed E-state index contributed by atoms with van der Waals surface area (Å²) in [6.07, 6.45) is -1.08. The second kappa shape index (κ2) is 9.89. The molecular weight excluding hydrogens is 408 g/mol. The molecule has 1 aliphatic heterocycles. The van der Waals surface area contributed by atoms with E-state index in [1.54, 1.807) is 18.7 Å². The van der Waals surface area contributed by atoms with Gasteiger partial charge < -0.3 is 14.4 Å². The summed E-state index contributed by atoms with van der Waals surface area (Å²) in [4.78, 5) is 26.2. The van der Waals surface area contributed by atoms with E-state index in [1.165, 1.54) is 6.92 Å². The predicted molar refractivity (Wildman–Crippen MR) is 113 cm³/mol. The van der Waals surface area contributed by atoms with Crippen molar-refractivity contribution in [1.82, 2.24) is 9.62 Å². The van der Waals surface area contributed by atoms with Crippen molar-refractivity contribution in [3.63, 3.8) is 0 Å². The molecule has 1 aromatic carbocycles. The molecule has 1 amide bonds. The molecule has 30 heavy (non-hydrogen) atoms. The number of carbonyl (C=O) groups is 2. The third kappa shape index (κ3) is 5.39. The predicted octanol–water partition coefficient (Wildman–Crippen LogP) is 1.69. The van der Waals surface area contributed by atoms with Crippen LogP contribution in [-0.4, -0.2) is 64.1 Å². The highest BCUT2D eigenvalue weighted by Gasteiger charge is 2.26. The summed E-state index contributed by atoms with van der Waals surface area (Å²) in [5.74, 6) is -0.902. The average Bonchev–Trinajstić information content (AvgIpc) is 2.70. The lowest BCUT2D eigenvalue weighted by Crippen LogP contribution is -2.46. The second-order valence-corrected chi connectivity index (χ2v) is 9.38. The summed E-state index contributed by atoms with van der Waals surface area (Å²) in [7, 11) is -3.79. The minimum atomic E-state index is -3.79. The van der Waals surface area contributed by atoms with Gasteiger partial charge in [0.25, 0.3) is 5.91 Å². The van der Waals surface area contributed by atoms with Gasteiger partial charge in [-0.1, -0.05) is 0 Å². The van der Waals surface area contributed by atoms with E-state index in [0.717, 1.165) is 16.7 Å². The van der Waals surface area contributed by atoms with Gasteiger partial charge in [0.2, 0.25) is 10.0 Å². The first-order valence-corrected chi connectivity index (χ1v) is 11.6. The van der Waals surface area contributed by atoms with Gasteiger partial charge in [0, 0.05) is 19.6 Å². The zero-order chi connectivity index (χ0) is 22.6. The smallest absolute Gasteiger partial charge is 0.307 e. The van der Waals surface area contributed by atoms with Crippen LogP contribution in [0.1, 0.15) is 41.2 Å². The minimum absolute atomic E-state index is 0.107. The number of morpholine rings is 1. The lowest BCUT2D eigenvalue weighted by atomic mass is 9.95. The van der Waals surface area contributed by atoms with Gasteiger partial charge in [0.1, 0.15) is 0 Å². The molecule has 0 aliphatic carbocycles. The maximum absolute atomic E-state index is 12.9. The van der Waals surface area contributed by atoms with Crippen LogP contribution < -0.4 is 4.72 Å². The van der Waals surface area contributed by atoms with Crippen LogP contribution in [0.25, 0.3) is 0 Å². The molecule has 1 N–H and O–H groups in total. The number of hydrogen-bond donors (Lipinski definition) is 1. The largest absolute Gasteiger partial charge is 0.452 e. The minimum Gasteiger partial charge on any atom is -0.452 e. The van der Waals surface area contributed by atoms with Crippen molar-refractivity contribution in [3.05, 3.63) is 27.8 Å². The molecule has 9 heteroatoms. The van der Waals surface area contributed by atoms with Gasteiger partial charge in [-0.25, -0.2) is 13.1 Å². The summed E-state index contributed by atoms with van der Waals surface area (Å²) < 4.78 is 38.6. The van der Waals surface area contributed by atoms with Crippen molar-refractivity contribution in [2.45, 2.75) is 59.0 Å². The van der Waals surface area contributed by atoms with Crippen molar-refractivity contribution < 1.29 is 27.5 Å². The maximum Gasteiger partial charge on any atom is 0.307 e. The maximum atomic E-state index is 12.9. The first-order valence-electron chi connectivity index (χ1n) is 10.1. The Balaban J connectivity index is 1.96. The van der Waals surface area contributed by atoms with Crippen LogP contribution in [0.4, 0.5) is 0 Å². The van der Waals surface area contributed by atoms with Gasteiger partial charge in [0.05, 0.1) is 24.5 Å². The fraction of sp³-hybridized carbons (Fsp3) is 0.619. The molecule has 2 rings (SSSR count). The van der Waals surface area contributed by atoms with Crippen LogP contribution in [0.3, 0.4) is 0 Å². The monoisotopic (exact) mass is 440 g/mol. The van der Waals surface area contributed by atoms with Crippen molar-refractivity contribution >= 4 is 21.9 Å². The highest BCUT2D eigenvalue weighted by Crippen LogP contribution is 2.29. The zero-order valence-corrected chi connectivity index (χ0v) is 19.4. The highest BCUT2D eigenvalue weighted by atomic mass is 32.2. The fourth-order valence-electron chi connectivity index (χ4n) is 3.58. The molecule has 1 heterocycles. The van der Waals surface area contributed by atoms with Crippen LogP contribution in [0, 0.1) is 34.6 Å². The lowest BCUT2D eigenvalue weighted by Gasteiger charge is -2.28. The summed E-state index contributed by atoms with van der Waals surface area (Å²) in [5.41, 5.74) is 4.36. The third-order valence-corrected chi connectivity index (χ3v) is 7.53. The Kier molecular flexibility index (Phi) is 8.01. The molecule has 1 unspecified atom stereocenters. The molecule has 1 aliphatic rings. The van der Waals surface area contributed by atoms with Crippen molar-refractivity contribution in [2.24, 2.45) is 0 Å². The number of nitrogens with zero attached hydrogens (tertiary/aromatic N) is 1. The molecule has 1 fully saturated rings. The average molecular weight is 441 g/mol. The summed E-state index contributed by atoms with van der Waals surface area (Å²) >= 11 is 0. The van der Waals surface area contributed by atoms with E-state index in [2.05, 4.69) is 4.72 Å². The van der Waals surface area contributed by atoms with Crippen LogP contribution >= 0.6 is 0 Å². The summed E-state index contributed by atoms with van der Waals surface area (Å²) in [6, 6.07) is 0. The Morgan fingerprint density at radius 3 is 2.03 bits per heavy atom. The molecule has 0 aromatic heterocycles. The zero-order valence-electron chi connectivity index (χ0n) is 18.6. The Morgan fingerprint density at radius 2 is 1.50 bits per heavy atom. The number of hydrogen-bond acceptors (Lipinski definition) is 6. The Bertz CT molecular complexity index is 891. The first kappa shape index (κ1) is 24.3. The third-order valence-electron chi connectivity index (χ3n) is 5.80. The quantitative estimate of drug-likeness (QED) is 0.648. The van der Waals surface area contributed by atoms with E-state index in [4.69, 9.17) is 9.47 Å². The van der Waals surface area contributed by atoms with Gasteiger partial charge in [-0.15, -0.1) is 0 Å². The summed E-state index contributed by atoms with van der Waals surface area (Å²) in [5, 5.41) is 0. The van der Waals surface area contributed by atoms with Gasteiger partial charge >= 0.3 is 5.97 Å². The molecule has 1 aromatic rings. The molecule has 0 saturated carbocycles. The normalized spacial score (nSPS) is 15.7. The number of ether oxygens (including phenoxy) is 2. The van der Waals surface area contributed by atoms with Crippen LogP contribution in [0.5, 0.6) is 0 Å². The Morgan fingerprint density at radius 1 is 1.00 bits per heavy atom. The molecule has 0 bridgehead atoms. The molecule has 0 spiro atoms. The molecule has 1 atom stereocenters. The first-order chi connectivity index (χ1) is 14.0. The lowest BCUT2D eigenvalue weighted by molar-refractivity contribution is -0.160. The van der Waals surface area contributed by atoms with Gasteiger partial charge in [0.15, 0.2) is 6.10 Å². The Labute approximate surface area is 179 Å². The van der Waals surface area contributed by atoms with Crippen LogP contribution in [-0.2, 0) is 29.1 Å². The van der Waals surface area contributed by atoms with Crippen molar-refractivity contribution in [2.75, 3.05) is 32.8 Å². The van der Waals surface area contributed by atoms with Crippen molar-refractivity contribution in [1.29, 1.82) is 0 Å². The molecule has 8 nitrogen and oxygen atoms in total. The van der Waals surface area contributed by atoms with Gasteiger partial charge in [-0.05, 0) is 69.4 Å². The molecule has 1 saturated heterocycles. The number of carbonyl (C=O) groups excluding carboxylic acids is 2. The second-order valence-electron chi connectivity index (χ2n) is 7.67. The van der Waals surface area contributed by atoms with Gasteiger partial charge in [-0.3, -0.25) is 9.59 Å².